The van der Waals surface area contributed by atoms with Crippen LogP contribution < -0.4 is 9.65 Å². The summed E-state index contributed by atoms with van der Waals surface area (Å²) in [5.41, 5.74) is 5.03. The normalized spacial score (nSPS) is 10.9. The molecular formula is C67H41BCl8F3N9O9S. The molecule has 8 heterocycles. The summed E-state index contributed by atoms with van der Waals surface area (Å²) in [7, 11) is -7.32. The van der Waals surface area contributed by atoms with Crippen LogP contribution >= 0.6 is 92.8 Å². The quantitative estimate of drug-likeness (QED) is 0.0261. The van der Waals surface area contributed by atoms with E-state index in [1.807, 2.05) is 109 Å². The third kappa shape index (κ3) is 17.7. The van der Waals surface area contributed by atoms with E-state index < -0.39 is 34.1 Å². The van der Waals surface area contributed by atoms with Crippen LogP contribution in [0, 0.1) is 0 Å². The molecule has 31 heteroatoms. The Kier molecular flexibility index (Phi) is 24.4. The minimum atomic E-state index is -5.84. The number of hydrogen-bond acceptors (Lipinski definition) is 16. The number of carbonyl (C=O) groups excluding carboxylic acids is 3. The van der Waals surface area contributed by atoms with Crippen LogP contribution in [0.2, 0.25) is 40.8 Å². The monoisotopic (exact) mass is 1500 g/mol. The van der Waals surface area contributed by atoms with E-state index in [4.69, 9.17) is 113 Å². The zero-order valence-electron chi connectivity index (χ0n) is 49.4. The molecule has 98 heavy (non-hydrogen) atoms. The standard InChI is InChI=1S/C18H11Cl2N3.C18H10ClN3.C12H7Cl2NO.C7H3ClF3NO4S.C6H6BClO2.C6H4ClNO2/c19-14-6-2-1-5-11(14)13-10-21-17(20)9-12(13)18-22-15-7-3-4-8-16(15)23-18;19-17-9-12-13(10-20-17)11-5-1-3-7-15(11)22-16-8-4-2-6-14(16)21-18(12)22;13-11-4-2-1-3-9(11)10-6-15-12(14)5-8(10)7-16;8-6-1-4(3-13)5(2-12-6)16-17(14,15)7(9,10)11;8-6-4-2-1-3-5(6)7(9)10;7-6-1-4(3-9)5(10)2-8-6/h1-10H,(H,22,23);1-10H;1-7H;1-3H;1-4,9-10H;1-3,10H. The Balaban J connectivity index is 0.000000141. The highest BCUT2D eigenvalue weighted by molar-refractivity contribution is 7.88. The van der Waals surface area contributed by atoms with Crippen molar-refractivity contribution >= 4 is 184 Å². The number of fused-ring (bicyclic) bond motifs is 9. The lowest BCUT2D eigenvalue weighted by Gasteiger charge is -2.10. The van der Waals surface area contributed by atoms with Gasteiger partial charge in [0.2, 0.25) is 0 Å². The highest BCUT2D eigenvalue weighted by Gasteiger charge is 2.49. The molecule has 4 N–H and O–H groups in total. The van der Waals surface area contributed by atoms with Crippen molar-refractivity contribution in [1.29, 1.82) is 0 Å². The molecule has 494 valence electrons. The third-order valence-corrected chi connectivity index (χ3v) is 16.6. The number of imidazole rings is 2. The molecule has 0 amide bonds. The topological polar surface area (TPSA) is 266 Å². The fourth-order valence-electron chi connectivity index (χ4n) is 9.20. The highest BCUT2D eigenvalue weighted by atomic mass is 35.5. The molecule has 0 spiro atoms. The molecule has 14 aromatic rings. The van der Waals surface area contributed by atoms with Gasteiger partial charge in [0, 0.05) is 88.7 Å². The number of nitrogens with zero attached hydrogens (tertiary/aromatic N) is 8. The number of H-pyrrole nitrogens is 1. The molecule has 14 rings (SSSR count). The van der Waals surface area contributed by atoms with Crippen LogP contribution in [0.1, 0.15) is 31.1 Å². The van der Waals surface area contributed by atoms with Crippen molar-refractivity contribution in [2.24, 2.45) is 0 Å². The van der Waals surface area contributed by atoms with Gasteiger partial charge < -0.3 is 24.3 Å². The number of para-hydroxylation sites is 5. The van der Waals surface area contributed by atoms with Crippen molar-refractivity contribution in [2.45, 2.75) is 5.51 Å². The number of benzene rings is 6. The first-order valence-electron chi connectivity index (χ1n) is 27.9. The number of aldehydes is 3. The Morgan fingerprint density at radius 1 is 0.469 bits per heavy atom. The zero-order valence-corrected chi connectivity index (χ0v) is 56.2. The van der Waals surface area contributed by atoms with Gasteiger partial charge in [0.1, 0.15) is 43.0 Å². The van der Waals surface area contributed by atoms with Gasteiger partial charge in [-0.2, -0.15) is 21.6 Å². The van der Waals surface area contributed by atoms with Gasteiger partial charge in [0.25, 0.3) is 0 Å². The number of nitrogens with one attached hydrogen (secondary N) is 1. The molecule has 0 bridgehead atoms. The van der Waals surface area contributed by atoms with Crippen LogP contribution in [0.3, 0.4) is 0 Å². The lowest BCUT2D eigenvalue weighted by atomic mass is 9.80. The number of carbonyl (C=O) groups is 3. The summed E-state index contributed by atoms with van der Waals surface area (Å²) in [6, 6.07) is 53.3. The molecule has 0 unspecified atom stereocenters. The highest BCUT2D eigenvalue weighted by Crippen LogP contribution is 2.38. The molecule has 0 atom stereocenters. The largest absolute Gasteiger partial charge is 0.534 e. The molecule has 0 aliphatic rings. The Labute approximate surface area is 594 Å². The zero-order chi connectivity index (χ0) is 70.4. The van der Waals surface area contributed by atoms with Gasteiger partial charge in [-0.1, -0.05) is 190 Å². The van der Waals surface area contributed by atoms with Crippen molar-refractivity contribution in [1.82, 2.24) is 44.3 Å². The smallest absolute Gasteiger partial charge is 0.506 e. The third-order valence-electron chi connectivity index (χ3n) is 13.6. The maximum atomic E-state index is 12.0. The van der Waals surface area contributed by atoms with E-state index in [2.05, 4.69) is 61.7 Å². The number of halogens is 11. The van der Waals surface area contributed by atoms with Crippen LogP contribution in [0.4, 0.5) is 13.2 Å². The van der Waals surface area contributed by atoms with Crippen molar-refractivity contribution in [3.8, 4) is 45.1 Å². The summed E-state index contributed by atoms with van der Waals surface area (Å²) in [5, 5.41) is 32.3. The number of rotatable bonds is 9. The SMILES string of the molecule is Clc1cc(-c2nc3ccccc3[nH]2)c(-c2ccccc2Cl)cn1.Clc1cc2c(cn1)c1ccccc1n1c3ccccc3nc21.O=Cc1cc(Cl)ncc1-c1ccccc1Cl.O=Cc1cc(Cl)ncc1O.O=Cc1cc(Cl)ncc1OS(=O)(=O)C(F)(F)F.OB(O)c1ccccc1Cl. The molecule has 8 aromatic heterocycles. The van der Waals surface area contributed by atoms with E-state index in [0.717, 1.165) is 96.0 Å². The first kappa shape index (κ1) is 72.9. The summed E-state index contributed by atoms with van der Waals surface area (Å²) < 4.78 is 63.2. The Morgan fingerprint density at radius 2 is 0.959 bits per heavy atom. The summed E-state index contributed by atoms with van der Waals surface area (Å²) in [6.45, 7) is 0. The van der Waals surface area contributed by atoms with E-state index >= 15 is 0 Å². The lowest BCUT2D eigenvalue weighted by molar-refractivity contribution is -0.0500. The fraction of sp³-hybridized carbons (Fsp3) is 0.0149. The number of alkyl halides is 3. The van der Waals surface area contributed by atoms with E-state index in [0.29, 0.717) is 54.4 Å². The Morgan fingerprint density at radius 3 is 1.55 bits per heavy atom. The maximum absolute atomic E-state index is 12.0. The molecule has 0 fully saturated rings. The predicted octanol–water partition coefficient (Wildman–Crippen LogP) is 17.4. The molecule has 6 aromatic carbocycles. The molecule has 0 radical (unpaired) electrons. The van der Waals surface area contributed by atoms with Crippen LogP contribution in [-0.4, -0.2) is 99.3 Å². The molecule has 0 saturated heterocycles. The maximum Gasteiger partial charge on any atom is 0.534 e. The second-order valence-corrected chi connectivity index (χ2v) is 24.6. The van der Waals surface area contributed by atoms with Crippen LogP contribution in [0.5, 0.6) is 11.5 Å². The van der Waals surface area contributed by atoms with E-state index in [9.17, 15) is 36.0 Å². The van der Waals surface area contributed by atoms with Crippen LogP contribution in [0.15, 0.2) is 207 Å². The van der Waals surface area contributed by atoms with Crippen LogP contribution in [-0.2, 0) is 10.1 Å². The molecule has 0 aliphatic carbocycles. The van der Waals surface area contributed by atoms with Crippen molar-refractivity contribution < 1.29 is 55.3 Å². The van der Waals surface area contributed by atoms with E-state index in [-0.39, 0.29) is 33.1 Å². The summed E-state index contributed by atoms with van der Waals surface area (Å²) in [6.07, 6.45) is 8.20. The minimum Gasteiger partial charge on any atom is -0.506 e. The summed E-state index contributed by atoms with van der Waals surface area (Å²) >= 11 is 46.7. The van der Waals surface area contributed by atoms with Gasteiger partial charge in [-0.25, -0.2) is 34.9 Å². The van der Waals surface area contributed by atoms with Gasteiger partial charge in [0.15, 0.2) is 24.6 Å². The first-order chi connectivity index (χ1) is 46.9. The molecule has 0 aliphatic heterocycles. The van der Waals surface area contributed by atoms with E-state index in [1.54, 1.807) is 48.8 Å². The molecular weight excluding hydrogens is 1460 g/mol. The Bertz CT molecular complexity index is 5360. The number of aromatic amines is 1. The molecule has 18 nitrogen and oxygen atoms in total. The molecule has 0 saturated carbocycles. The van der Waals surface area contributed by atoms with Gasteiger partial charge in [-0.15, -0.1) is 0 Å². The second kappa shape index (κ2) is 32.8. The van der Waals surface area contributed by atoms with Crippen molar-refractivity contribution in [2.75, 3.05) is 0 Å². The Hall–Kier alpha value is -9.34. The lowest BCUT2D eigenvalue weighted by Crippen LogP contribution is -2.30. The van der Waals surface area contributed by atoms with Gasteiger partial charge in [-0.3, -0.25) is 18.8 Å². The van der Waals surface area contributed by atoms with Crippen molar-refractivity contribution in [3.05, 3.63) is 264 Å². The van der Waals surface area contributed by atoms with Gasteiger partial charge >= 0.3 is 22.7 Å². The van der Waals surface area contributed by atoms with Gasteiger partial charge in [0.05, 0.1) is 51.1 Å². The first-order valence-corrected chi connectivity index (χ1v) is 32.3. The summed E-state index contributed by atoms with van der Waals surface area (Å²) in [4.78, 5) is 63.6. The predicted molar refractivity (Wildman–Crippen MR) is 378 cm³/mol. The fourth-order valence-corrected chi connectivity index (χ4v) is 11.2. The number of aromatic nitrogens is 9. The van der Waals surface area contributed by atoms with Crippen LogP contribution in [0.25, 0.3) is 83.0 Å². The number of hydrogen-bond donors (Lipinski definition) is 4. The second-order valence-electron chi connectivity index (χ2n) is 19.9. The van der Waals surface area contributed by atoms with Gasteiger partial charge in [-0.05, 0) is 78.9 Å². The number of aromatic hydroxyl groups is 1. The van der Waals surface area contributed by atoms with E-state index in [1.165, 1.54) is 12.1 Å². The average Bonchev–Trinajstić information content (AvgIpc) is 1.56. The number of pyridine rings is 6. The van der Waals surface area contributed by atoms with Crippen molar-refractivity contribution in [3.63, 3.8) is 0 Å². The summed E-state index contributed by atoms with van der Waals surface area (Å²) in [5.74, 6) is -0.258. The minimum absolute atomic E-state index is 0.0921. The average molecular weight is 1500 g/mol.